The van der Waals surface area contributed by atoms with Crippen molar-refractivity contribution < 1.29 is 5.11 Å². The summed E-state index contributed by atoms with van der Waals surface area (Å²) in [6.07, 6.45) is 5.82. The summed E-state index contributed by atoms with van der Waals surface area (Å²) in [5.74, 6) is 0.887. The topological polar surface area (TPSA) is 57.2 Å². The average Bonchev–Trinajstić information content (AvgIpc) is 2.32. The molecule has 0 amide bonds. The van der Waals surface area contributed by atoms with Gasteiger partial charge in [0.25, 0.3) is 0 Å². The van der Waals surface area contributed by atoms with Gasteiger partial charge in [-0.2, -0.15) is 0 Å². The van der Waals surface area contributed by atoms with Crippen LogP contribution in [0.15, 0.2) is 18.3 Å². The molecule has 1 heterocycles. The maximum Gasteiger partial charge on any atom is 0.127 e. The van der Waals surface area contributed by atoms with Crippen LogP contribution in [-0.2, 0) is 0 Å². The number of aromatic nitrogens is 1. The molecule has 4 heteroatoms. The van der Waals surface area contributed by atoms with E-state index in [1.54, 1.807) is 6.20 Å². The fourth-order valence-electron chi connectivity index (χ4n) is 1.92. The second-order valence-corrected chi connectivity index (χ2v) is 4.79. The normalized spacial score (nSPS) is 17.3. The minimum Gasteiger partial charge on any atom is -0.388 e. The van der Waals surface area contributed by atoms with Crippen molar-refractivity contribution >= 4 is 11.5 Å². The van der Waals surface area contributed by atoms with Gasteiger partial charge in [-0.15, -0.1) is 0 Å². The molecule has 0 saturated heterocycles. The van der Waals surface area contributed by atoms with Crippen molar-refractivity contribution in [1.29, 1.82) is 0 Å². The molecule has 0 aliphatic heterocycles. The molecular weight excluding hydrogens is 214 g/mol. The van der Waals surface area contributed by atoms with Crippen LogP contribution in [0.2, 0.25) is 0 Å². The molecule has 1 saturated carbocycles. The van der Waals surface area contributed by atoms with E-state index in [4.69, 9.17) is 0 Å². The summed E-state index contributed by atoms with van der Waals surface area (Å²) in [6, 6.07) is 3.91. The van der Waals surface area contributed by atoms with Gasteiger partial charge in [0.2, 0.25) is 0 Å². The zero-order chi connectivity index (χ0) is 12.1. The minimum atomic E-state index is -0.486. The summed E-state index contributed by atoms with van der Waals surface area (Å²) < 4.78 is 0. The van der Waals surface area contributed by atoms with Gasteiger partial charge in [-0.1, -0.05) is 6.92 Å². The highest BCUT2D eigenvalue weighted by Crippen LogP contribution is 2.31. The van der Waals surface area contributed by atoms with Crippen LogP contribution in [0.1, 0.15) is 32.6 Å². The molecule has 4 nitrogen and oxygen atoms in total. The maximum atomic E-state index is 9.99. The van der Waals surface area contributed by atoms with E-state index < -0.39 is 5.60 Å². The number of hydrogen-bond donors (Lipinski definition) is 3. The molecule has 0 bridgehead atoms. The summed E-state index contributed by atoms with van der Waals surface area (Å²) in [4.78, 5) is 4.24. The average molecular weight is 235 g/mol. The third-order valence-corrected chi connectivity index (χ3v) is 3.22. The van der Waals surface area contributed by atoms with Crippen molar-refractivity contribution in [3.63, 3.8) is 0 Å². The molecule has 0 unspecified atom stereocenters. The monoisotopic (exact) mass is 235 g/mol. The van der Waals surface area contributed by atoms with E-state index in [9.17, 15) is 5.11 Å². The zero-order valence-corrected chi connectivity index (χ0v) is 10.4. The Labute approximate surface area is 102 Å². The van der Waals surface area contributed by atoms with E-state index in [2.05, 4.69) is 22.5 Å². The summed E-state index contributed by atoms with van der Waals surface area (Å²) in [7, 11) is 0. The Hall–Kier alpha value is -1.29. The van der Waals surface area contributed by atoms with Gasteiger partial charge >= 0.3 is 0 Å². The molecule has 1 aromatic rings. The molecule has 2 rings (SSSR count). The Morgan fingerprint density at radius 2 is 2.24 bits per heavy atom. The first-order valence-electron chi connectivity index (χ1n) is 6.38. The predicted molar refractivity (Wildman–Crippen MR) is 70.3 cm³/mol. The third-order valence-electron chi connectivity index (χ3n) is 3.22. The van der Waals surface area contributed by atoms with Crippen LogP contribution >= 0.6 is 0 Å². The van der Waals surface area contributed by atoms with E-state index in [0.717, 1.165) is 43.7 Å². The number of rotatable bonds is 6. The third kappa shape index (κ3) is 3.33. The highest BCUT2D eigenvalue weighted by Gasteiger charge is 2.33. The first kappa shape index (κ1) is 12.2. The fraction of sp³-hybridized carbons (Fsp3) is 0.615. The van der Waals surface area contributed by atoms with Crippen molar-refractivity contribution in [2.45, 2.75) is 38.2 Å². The summed E-state index contributed by atoms with van der Waals surface area (Å²) >= 11 is 0. The number of nitrogens with one attached hydrogen (secondary N) is 2. The van der Waals surface area contributed by atoms with Crippen LogP contribution in [0, 0.1) is 0 Å². The molecule has 1 aliphatic carbocycles. The number of hydrogen-bond acceptors (Lipinski definition) is 4. The highest BCUT2D eigenvalue weighted by molar-refractivity contribution is 5.52. The zero-order valence-electron chi connectivity index (χ0n) is 10.4. The van der Waals surface area contributed by atoms with Crippen LogP contribution in [0.25, 0.3) is 0 Å². The molecule has 0 spiro atoms. The molecule has 1 fully saturated rings. The lowest BCUT2D eigenvalue weighted by molar-refractivity contribution is -0.0201. The molecule has 1 aromatic heterocycles. The fourth-order valence-corrected chi connectivity index (χ4v) is 1.92. The largest absolute Gasteiger partial charge is 0.388 e. The van der Waals surface area contributed by atoms with Gasteiger partial charge in [0.15, 0.2) is 0 Å². The van der Waals surface area contributed by atoms with Gasteiger partial charge in [-0.25, -0.2) is 4.98 Å². The molecule has 0 radical (unpaired) electrons. The van der Waals surface area contributed by atoms with Gasteiger partial charge in [-0.3, -0.25) is 0 Å². The van der Waals surface area contributed by atoms with Crippen LogP contribution in [-0.4, -0.2) is 28.8 Å². The Kier molecular flexibility index (Phi) is 3.84. The molecule has 0 atom stereocenters. The number of anilines is 2. The van der Waals surface area contributed by atoms with Gasteiger partial charge < -0.3 is 15.7 Å². The second kappa shape index (κ2) is 5.36. The van der Waals surface area contributed by atoms with Gasteiger partial charge in [0, 0.05) is 31.0 Å². The Morgan fingerprint density at radius 3 is 2.88 bits per heavy atom. The quantitative estimate of drug-likeness (QED) is 0.707. The summed E-state index contributed by atoms with van der Waals surface area (Å²) in [5, 5.41) is 16.5. The van der Waals surface area contributed by atoms with E-state index in [1.807, 2.05) is 12.1 Å². The van der Waals surface area contributed by atoms with Crippen molar-refractivity contribution in [1.82, 2.24) is 4.98 Å². The highest BCUT2D eigenvalue weighted by atomic mass is 16.3. The van der Waals surface area contributed by atoms with E-state index in [1.165, 1.54) is 0 Å². The molecule has 17 heavy (non-hydrogen) atoms. The van der Waals surface area contributed by atoms with Crippen LogP contribution < -0.4 is 10.6 Å². The lowest BCUT2D eigenvalue weighted by Gasteiger charge is -2.36. The predicted octanol–water partition coefficient (Wildman–Crippen LogP) is 2.23. The number of aliphatic hydroxyl groups is 1. The van der Waals surface area contributed by atoms with Crippen molar-refractivity contribution in [2.24, 2.45) is 0 Å². The molecular formula is C13H21N3O. The Bertz CT molecular complexity index is 363. The van der Waals surface area contributed by atoms with Crippen molar-refractivity contribution in [3.05, 3.63) is 18.3 Å². The lowest BCUT2D eigenvalue weighted by Crippen LogP contribution is -2.43. The molecule has 1 aliphatic rings. The number of pyridine rings is 1. The Morgan fingerprint density at radius 1 is 1.41 bits per heavy atom. The van der Waals surface area contributed by atoms with Crippen LogP contribution in [0.5, 0.6) is 0 Å². The van der Waals surface area contributed by atoms with Crippen LogP contribution in [0.4, 0.5) is 11.5 Å². The molecule has 94 valence electrons. The number of nitrogens with zero attached hydrogens (tertiary/aromatic N) is 1. The first-order valence-corrected chi connectivity index (χ1v) is 6.38. The van der Waals surface area contributed by atoms with Crippen LogP contribution in [0.3, 0.4) is 0 Å². The van der Waals surface area contributed by atoms with E-state index in [0.29, 0.717) is 6.54 Å². The smallest absolute Gasteiger partial charge is 0.127 e. The summed E-state index contributed by atoms with van der Waals surface area (Å²) in [6.45, 7) is 3.69. The maximum absolute atomic E-state index is 9.99. The van der Waals surface area contributed by atoms with Crippen molar-refractivity contribution in [2.75, 3.05) is 23.7 Å². The molecule has 3 N–H and O–H groups in total. The van der Waals surface area contributed by atoms with E-state index in [-0.39, 0.29) is 0 Å². The first-order chi connectivity index (χ1) is 8.22. The van der Waals surface area contributed by atoms with E-state index >= 15 is 0 Å². The standard InChI is InChI=1S/C13H21N3O/c1-2-7-14-12-9-11(4-8-15-12)16-10-13(17)5-3-6-13/h4,8-9,17H,2-3,5-7,10H2,1H3,(H2,14,15,16). The SMILES string of the molecule is CCCNc1cc(NCC2(O)CCC2)ccn1. The minimum absolute atomic E-state index is 0.486. The van der Waals surface area contributed by atoms with Crippen molar-refractivity contribution in [3.8, 4) is 0 Å². The van der Waals surface area contributed by atoms with Gasteiger partial charge in [-0.05, 0) is 31.7 Å². The second-order valence-electron chi connectivity index (χ2n) is 4.79. The van der Waals surface area contributed by atoms with Gasteiger partial charge in [0.05, 0.1) is 5.60 Å². The Balaban J connectivity index is 1.87. The summed E-state index contributed by atoms with van der Waals surface area (Å²) in [5.41, 5.74) is 0.527. The van der Waals surface area contributed by atoms with Gasteiger partial charge in [0.1, 0.15) is 5.82 Å². The molecule has 0 aromatic carbocycles. The lowest BCUT2D eigenvalue weighted by atomic mass is 9.80.